The standard InChI is InChI=1S/C13H20BrN3/c1-10-4-3-5-11(2)17(10)16-8-12-6-13(14)9-15-7-12/h6-7,9-11,16H,3-5,8H2,1-2H3. The molecule has 2 atom stereocenters. The fourth-order valence-corrected chi connectivity index (χ4v) is 2.88. The summed E-state index contributed by atoms with van der Waals surface area (Å²) < 4.78 is 1.04. The maximum Gasteiger partial charge on any atom is 0.0410 e. The molecule has 0 saturated carbocycles. The van der Waals surface area contributed by atoms with E-state index in [1.54, 1.807) is 0 Å². The SMILES string of the molecule is CC1CCCC(C)N1NCc1cncc(Br)c1. The number of aromatic nitrogens is 1. The van der Waals surface area contributed by atoms with Crippen molar-refractivity contribution in [1.29, 1.82) is 0 Å². The van der Waals surface area contributed by atoms with E-state index in [-0.39, 0.29) is 0 Å². The molecule has 2 unspecified atom stereocenters. The fraction of sp³-hybridized carbons (Fsp3) is 0.615. The minimum atomic E-state index is 0.624. The molecule has 17 heavy (non-hydrogen) atoms. The Morgan fingerprint density at radius 3 is 2.71 bits per heavy atom. The van der Waals surface area contributed by atoms with Crippen molar-refractivity contribution in [1.82, 2.24) is 15.4 Å². The van der Waals surface area contributed by atoms with Gasteiger partial charge in [-0.1, -0.05) is 6.42 Å². The maximum atomic E-state index is 4.18. The average molecular weight is 298 g/mol. The third-order valence-corrected chi connectivity index (χ3v) is 3.85. The highest BCUT2D eigenvalue weighted by molar-refractivity contribution is 9.10. The number of nitrogens with one attached hydrogen (secondary N) is 1. The molecule has 3 nitrogen and oxygen atoms in total. The molecular formula is C13H20BrN3. The van der Waals surface area contributed by atoms with Crippen molar-refractivity contribution in [3.63, 3.8) is 0 Å². The van der Waals surface area contributed by atoms with Gasteiger partial charge in [0.05, 0.1) is 0 Å². The molecule has 1 aromatic rings. The number of hydrazine groups is 1. The van der Waals surface area contributed by atoms with Gasteiger partial charge in [0, 0.05) is 35.5 Å². The van der Waals surface area contributed by atoms with Crippen molar-refractivity contribution in [2.24, 2.45) is 0 Å². The Morgan fingerprint density at radius 1 is 1.35 bits per heavy atom. The summed E-state index contributed by atoms with van der Waals surface area (Å²) in [4.78, 5) is 4.18. The van der Waals surface area contributed by atoms with Gasteiger partial charge in [0.25, 0.3) is 0 Å². The highest BCUT2D eigenvalue weighted by Gasteiger charge is 2.23. The summed E-state index contributed by atoms with van der Waals surface area (Å²) in [5.74, 6) is 0. The largest absolute Gasteiger partial charge is 0.263 e. The zero-order chi connectivity index (χ0) is 12.3. The second kappa shape index (κ2) is 5.94. The fourth-order valence-electron chi connectivity index (χ4n) is 2.47. The molecule has 0 aliphatic carbocycles. The molecule has 2 rings (SSSR count). The Morgan fingerprint density at radius 2 is 2.06 bits per heavy atom. The van der Waals surface area contributed by atoms with Crippen LogP contribution in [0.25, 0.3) is 0 Å². The molecule has 0 bridgehead atoms. The monoisotopic (exact) mass is 297 g/mol. The molecule has 4 heteroatoms. The molecule has 0 spiro atoms. The first-order chi connectivity index (χ1) is 8.16. The number of pyridine rings is 1. The van der Waals surface area contributed by atoms with Gasteiger partial charge in [-0.15, -0.1) is 0 Å². The molecule has 0 aromatic carbocycles. The van der Waals surface area contributed by atoms with Crippen molar-refractivity contribution in [3.05, 3.63) is 28.5 Å². The predicted molar refractivity (Wildman–Crippen MR) is 73.4 cm³/mol. The lowest BCUT2D eigenvalue weighted by Crippen LogP contribution is -2.51. The highest BCUT2D eigenvalue weighted by Crippen LogP contribution is 2.20. The summed E-state index contributed by atoms with van der Waals surface area (Å²) in [5.41, 5.74) is 4.75. The van der Waals surface area contributed by atoms with E-state index in [0.29, 0.717) is 12.1 Å². The molecule has 0 amide bonds. The van der Waals surface area contributed by atoms with Gasteiger partial charge in [0.2, 0.25) is 0 Å². The summed E-state index contributed by atoms with van der Waals surface area (Å²) in [6.07, 6.45) is 7.65. The van der Waals surface area contributed by atoms with Gasteiger partial charge in [-0.25, -0.2) is 5.01 Å². The maximum absolute atomic E-state index is 4.18. The van der Waals surface area contributed by atoms with Crippen LogP contribution in [-0.2, 0) is 6.54 Å². The van der Waals surface area contributed by atoms with Crippen molar-refractivity contribution in [3.8, 4) is 0 Å². The van der Waals surface area contributed by atoms with E-state index in [4.69, 9.17) is 0 Å². The number of rotatable bonds is 3. The summed E-state index contributed by atoms with van der Waals surface area (Å²) >= 11 is 3.45. The van der Waals surface area contributed by atoms with Crippen LogP contribution < -0.4 is 5.43 Å². The molecule has 1 aromatic heterocycles. The van der Waals surface area contributed by atoms with E-state index in [1.807, 2.05) is 12.4 Å². The predicted octanol–water partition coefficient (Wildman–Crippen LogP) is 3.11. The molecule has 1 fully saturated rings. The molecule has 2 heterocycles. The van der Waals surface area contributed by atoms with Gasteiger partial charge in [-0.2, -0.15) is 0 Å². The number of piperidine rings is 1. The summed E-state index contributed by atoms with van der Waals surface area (Å²) in [5, 5.41) is 2.39. The lowest BCUT2D eigenvalue weighted by Gasteiger charge is -2.39. The topological polar surface area (TPSA) is 28.2 Å². The lowest BCUT2D eigenvalue weighted by atomic mass is 10.00. The van der Waals surface area contributed by atoms with Crippen LogP contribution in [0.15, 0.2) is 22.9 Å². The number of hydrogen-bond acceptors (Lipinski definition) is 3. The highest BCUT2D eigenvalue weighted by atomic mass is 79.9. The van der Waals surface area contributed by atoms with Crippen molar-refractivity contribution in [2.75, 3.05) is 0 Å². The molecule has 1 aliphatic rings. The Bertz CT molecular complexity index is 359. The van der Waals surface area contributed by atoms with E-state index in [9.17, 15) is 0 Å². The second-order valence-electron chi connectivity index (χ2n) is 4.88. The number of hydrogen-bond donors (Lipinski definition) is 1. The molecular weight excluding hydrogens is 278 g/mol. The average Bonchev–Trinajstić information content (AvgIpc) is 2.28. The van der Waals surface area contributed by atoms with Crippen LogP contribution in [0.1, 0.15) is 38.7 Å². The van der Waals surface area contributed by atoms with E-state index < -0.39 is 0 Å². The van der Waals surface area contributed by atoms with Crippen LogP contribution in [0.2, 0.25) is 0 Å². The van der Waals surface area contributed by atoms with Gasteiger partial charge in [-0.3, -0.25) is 10.4 Å². The summed E-state index contributed by atoms with van der Waals surface area (Å²) in [6.45, 7) is 5.44. The minimum Gasteiger partial charge on any atom is -0.263 e. The molecule has 1 saturated heterocycles. The van der Waals surface area contributed by atoms with E-state index in [0.717, 1.165) is 11.0 Å². The first kappa shape index (κ1) is 13.0. The van der Waals surface area contributed by atoms with Gasteiger partial charge < -0.3 is 0 Å². The van der Waals surface area contributed by atoms with Crippen molar-refractivity contribution in [2.45, 2.75) is 51.7 Å². The minimum absolute atomic E-state index is 0.624. The normalized spacial score (nSPS) is 26.1. The first-order valence-electron chi connectivity index (χ1n) is 6.28. The zero-order valence-electron chi connectivity index (χ0n) is 10.5. The van der Waals surface area contributed by atoms with Gasteiger partial charge >= 0.3 is 0 Å². The van der Waals surface area contributed by atoms with Crippen molar-refractivity contribution < 1.29 is 0 Å². The lowest BCUT2D eigenvalue weighted by molar-refractivity contribution is 0.0435. The van der Waals surface area contributed by atoms with Crippen LogP contribution in [0, 0.1) is 0 Å². The molecule has 1 aliphatic heterocycles. The van der Waals surface area contributed by atoms with Gasteiger partial charge in [0.15, 0.2) is 0 Å². The van der Waals surface area contributed by atoms with E-state index in [1.165, 1.54) is 24.8 Å². The van der Waals surface area contributed by atoms with Crippen LogP contribution in [0.4, 0.5) is 0 Å². The van der Waals surface area contributed by atoms with Crippen LogP contribution in [0.5, 0.6) is 0 Å². The van der Waals surface area contributed by atoms with Gasteiger partial charge in [0.1, 0.15) is 0 Å². The Balaban J connectivity index is 1.92. The summed E-state index contributed by atoms with van der Waals surface area (Å²) in [6, 6.07) is 3.36. The second-order valence-corrected chi connectivity index (χ2v) is 5.80. The Hall–Kier alpha value is -0.450. The third-order valence-electron chi connectivity index (χ3n) is 3.42. The first-order valence-corrected chi connectivity index (χ1v) is 7.07. The smallest absolute Gasteiger partial charge is 0.0410 e. The van der Waals surface area contributed by atoms with Crippen molar-refractivity contribution >= 4 is 15.9 Å². The third kappa shape index (κ3) is 3.50. The van der Waals surface area contributed by atoms with E-state index in [2.05, 4.69) is 51.3 Å². The molecule has 94 valence electrons. The molecule has 1 N–H and O–H groups in total. The zero-order valence-corrected chi connectivity index (χ0v) is 12.1. The number of halogens is 1. The molecule has 0 radical (unpaired) electrons. The van der Waals surface area contributed by atoms with Crippen LogP contribution in [-0.4, -0.2) is 22.1 Å². The van der Waals surface area contributed by atoms with Crippen LogP contribution in [0.3, 0.4) is 0 Å². The Kier molecular flexibility index (Phi) is 4.54. The summed E-state index contributed by atoms with van der Waals surface area (Å²) in [7, 11) is 0. The number of nitrogens with zero attached hydrogens (tertiary/aromatic N) is 2. The quantitative estimate of drug-likeness (QED) is 0.929. The van der Waals surface area contributed by atoms with Gasteiger partial charge in [-0.05, 0) is 54.2 Å². The van der Waals surface area contributed by atoms with E-state index >= 15 is 0 Å². The van der Waals surface area contributed by atoms with Crippen LogP contribution >= 0.6 is 15.9 Å². The Labute approximate surface area is 112 Å².